The molecule has 2 aromatic carbocycles. The zero-order chi connectivity index (χ0) is 17.2. The van der Waals surface area contributed by atoms with Crippen LogP contribution in [0.5, 0.6) is 5.75 Å². The van der Waals surface area contributed by atoms with Gasteiger partial charge < -0.3 is 19.0 Å². The fourth-order valence-corrected chi connectivity index (χ4v) is 2.73. The molecule has 0 spiro atoms. The summed E-state index contributed by atoms with van der Waals surface area (Å²) in [6, 6.07) is 12.4. The Balaban J connectivity index is 1.51. The van der Waals surface area contributed by atoms with Gasteiger partial charge >= 0.3 is 0 Å². The van der Waals surface area contributed by atoms with E-state index in [1.807, 2.05) is 29.0 Å². The maximum Gasteiger partial charge on any atom is 0.295 e. The van der Waals surface area contributed by atoms with Crippen LogP contribution in [0.25, 0.3) is 16.8 Å². The molecule has 0 aliphatic carbocycles. The van der Waals surface area contributed by atoms with Gasteiger partial charge in [-0.3, -0.25) is 0 Å². The summed E-state index contributed by atoms with van der Waals surface area (Å²) in [6.07, 6.45) is 5.49. The molecular formula is C19H18N4O2. The molecule has 0 amide bonds. The summed E-state index contributed by atoms with van der Waals surface area (Å²) in [5, 5.41) is 3.25. The largest absolute Gasteiger partial charge is 0.497 e. The van der Waals surface area contributed by atoms with E-state index >= 15 is 0 Å². The second-order valence-electron chi connectivity index (χ2n) is 5.79. The standard InChI is InChI=1S/C19H18N4O2/c1-13-9-15(23-8-7-20-12-23)4-3-14(13)11-21-19-22-17-10-16(24-2)5-6-18(17)25-19/h3-10,12H,11H2,1-2H3,(H,21,22). The molecule has 0 atom stereocenters. The van der Waals surface area contributed by atoms with Gasteiger partial charge in [0, 0.05) is 30.7 Å². The third-order valence-electron chi connectivity index (χ3n) is 4.15. The van der Waals surface area contributed by atoms with Crippen molar-refractivity contribution in [3.63, 3.8) is 0 Å². The molecule has 0 unspecified atom stereocenters. The summed E-state index contributed by atoms with van der Waals surface area (Å²) in [6.45, 7) is 2.73. The summed E-state index contributed by atoms with van der Waals surface area (Å²) < 4.78 is 12.9. The van der Waals surface area contributed by atoms with E-state index in [0.717, 1.165) is 22.5 Å². The minimum atomic E-state index is 0.501. The van der Waals surface area contributed by atoms with Crippen LogP contribution in [0.2, 0.25) is 0 Å². The van der Waals surface area contributed by atoms with Crippen LogP contribution in [-0.2, 0) is 6.54 Å². The van der Waals surface area contributed by atoms with E-state index in [4.69, 9.17) is 9.15 Å². The predicted octanol–water partition coefficient (Wildman–Crippen LogP) is 3.94. The van der Waals surface area contributed by atoms with Crippen LogP contribution in [0.1, 0.15) is 11.1 Å². The highest BCUT2D eigenvalue weighted by atomic mass is 16.5. The minimum absolute atomic E-state index is 0.501. The first-order chi connectivity index (χ1) is 12.2. The van der Waals surface area contributed by atoms with Crippen LogP contribution in [0, 0.1) is 6.92 Å². The highest BCUT2D eigenvalue weighted by Crippen LogP contribution is 2.24. The lowest BCUT2D eigenvalue weighted by atomic mass is 10.1. The first-order valence-electron chi connectivity index (χ1n) is 7.99. The van der Waals surface area contributed by atoms with Gasteiger partial charge in [-0.15, -0.1) is 0 Å². The SMILES string of the molecule is COc1ccc2oc(NCc3ccc(-n4ccnc4)cc3C)nc2c1. The average molecular weight is 334 g/mol. The highest BCUT2D eigenvalue weighted by molar-refractivity contribution is 5.76. The van der Waals surface area contributed by atoms with E-state index in [2.05, 4.69) is 40.4 Å². The topological polar surface area (TPSA) is 65.1 Å². The number of aromatic nitrogens is 3. The molecule has 25 heavy (non-hydrogen) atoms. The number of hydrogen-bond donors (Lipinski definition) is 1. The number of ether oxygens (including phenoxy) is 1. The van der Waals surface area contributed by atoms with Gasteiger partial charge in [0.1, 0.15) is 11.3 Å². The molecule has 0 aliphatic rings. The van der Waals surface area contributed by atoms with Crippen LogP contribution in [0.3, 0.4) is 0 Å². The van der Waals surface area contributed by atoms with Crippen molar-refractivity contribution in [2.75, 3.05) is 12.4 Å². The summed E-state index contributed by atoms with van der Waals surface area (Å²) in [4.78, 5) is 8.53. The number of oxazole rings is 1. The first-order valence-corrected chi connectivity index (χ1v) is 7.99. The molecule has 0 saturated carbocycles. The van der Waals surface area contributed by atoms with Gasteiger partial charge in [-0.25, -0.2) is 4.98 Å². The van der Waals surface area contributed by atoms with E-state index in [0.29, 0.717) is 12.6 Å². The van der Waals surface area contributed by atoms with Crippen LogP contribution >= 0.6 is 0 Å². The number of fused-ring (bicyclic) bond motifs is 1. The number of benzene rings is 2. The molecule has 4 rings (SSSR count). The van der Waals surface area contributed by atoms with Crippen molar-refractivity contribution >= 4 is 17.1 Å². The fourth-order valence-electron chi connectivity index (χ4n) is 2.73. The molecule has 6 nitrogen and oxygen atoms in total. The second-order valence-corrected chi connectivity index (χ2v) is 5.79. The van der Waals surface area contributed by atoms with Crippen molar-refractivity contribution < 1.29 is 9.15 Å². The molecule has 2 heterocycles. The Morgan fingerprint density at radius 2 is 2.12 bits per heavy atom. The molecule has 126 valence electrons. The molecule has 0 aliphatic heterocycles. The van der Waals surface area contributed by atoms with Gasteiger partial charge in [0.2, 0.25) is 0 Å². The molecule has 0 saturated heterocycles. The Kier molecular flexibility index (Phi) is 3.85. The van der Waals surface area contributed by atoms with Crippen molar-refractivity contribution in [3.05, 3.63) is 66.2 Å². The molecule has 6 heteroatoms. The number of methoxy groups -OCH3 is 1. The van der Waals surface area contributed by atoms with Crippen molar-refractivity contribution in [1.82, 2.24) is 14.5 Å². The zero-order valence-corrected chi connectivity index (χ0v) is 14.1. The fraction of sp³-hybridized carbons (Fsp3) is 0.158. The maximum atomic E-state index is 5.72. The number of aryl methyl sites for hydroxylation is 1. The summed E-state index contributed by atoms with van der Waals surface area (Å²) >= 11 is 0. The molecule has 4 aromatic rings. The van der Waals surface area contributed by atoms with Gasteiger partial charge in [-0.05, 0) is 42.3 Å². The van der Waals surface area contributed by atoms with Crippen LogP contribution < -0.4 is 10.1 Å². The van der Waals surface area contributed by atoms with Crippen molar-refractivity contribution in [2.24, 2.45) is 0 Å². The highest BCUT2D eigenvalue weighted by Gasteiger charge is 2.08. The normalized spacial score (nSPS) is 11.0. The number of imidazole rings is 1. The summed E-state index contributed by atoms with van der Waals surface area (Å²) in [7, 11) is 1.64. The lowest BCUT2D eigenvalue weighted by Crippen LogP contribution is -2.02. The number of anilines is 1. The van der Waals surface area contributed by atoms with E-state index in [1.165, 1.54) is 11.1 Å². The van der Waals surface area contributed by atoms with Crippen molar-refractivity contribution in [2.45, 2.75) is 13.5 Å². The minimum Gasteiger partial charge on any atom is -0.497 e. The molecule has 0 bridgehead atoms. The number of nitrogens with one attached hydrogen (secondary N) is 1. The Bertz CT molecular complexity index is 1010. The molecule has 2 aromatic heterocycles. The first kappa shape index (κ1) is 15.3. The lowest BCUT2D eigenvalue weighted by molar-refractivity contribution is 0.415. The van der Waals surface area contributed by atoms with Gasteiger partial charge in [-0.2, -0.15) is 4.98 Å². The van der Waals surface area contributed by atoms with E-state index < -0.39 is 0 Å². The molecule has 0 fully saturated rings. The molecule has 1 N–H and O–H groups in total. The predicted molar refractivity (Wildman–Crippen MR) is 96.2 cm³/mol. The number of nitrogens with zero attached hydrogens (tertiary/aromatic N) is 3. The summed E-state index contributed by atoms with van der Waals surface area (Å²) in [5.74, 6) is 0.762. The summed E-state index contributed by atoms with van der Waals surface area (Å²) in [5.41, 5.74) is 4.97. The lowest BCUT2D eigenvalue weighted by Gasteiger charge is -2.09. The Labute approximate surface area is 145 Å². The van der Waals surface area contributed by atoms with E-state index in [1.54, 1.807) is 19.6 Å². The molecule has 0 radical (unpaired) electrons. The van der Waals surface area contributed by atoms with E-state index in [-0.39, 0.29) is 0 Å². The van der Waals surface area contributed by atoms with Crippen LogP contribution in [0.15, 0.2) is 59.5 Å². The average Bonchev–Trinajstić information content (AvgIpc) is 3.29. The van der Waals surface area contributed by atoms with Gasteiger partial charge in [0.05, 0.1) is 13.4 Å². The smallest absolute Gasteiger partial charge is 0.295 e. The van der Waals surface area contributed by atoms with Gasteiger partial charge in [0.15, 0.2) is 5.58 Å². The maximum absolute atomic E-state index is 5.72. The Morgan fingerprint density at radius 1 is 1.20 bits per heavy atom. The third-order valence-corrected chi connectivity index (χ3v) is 4.15. The van der Waals surface area contributed by atoms with Gasteiger partial charge in [0.25, 0.3) is 6.01 Å². The quantitative estimate of drug-likeness (QED) is 0.599. The van der Waals surface area contributed by atoms with Crippen molar-refractivity contribution in [1.29, 1.82) is 0 Å². The number of hydrogen-bond acceptors (Lipinski definition) is 5. The van der Waals surface area contributed by atoms with Crippen molar-refractivity contribution in [3.8, 4) is 11.4 Å². The van der Waals surface area contributed by atoms with E-state index in [9.17, 15) is 0 Å². The molecular weight excluding hydrogens is 316 g/mol. The van der Waals surface area contributed by atoms with Crippen LogP contribution in [-0.4, -0.2) is 21.6 Å². The Hall–Kier alpha value is -3.28. The van der Waals surface area contributed by atoms with Crippen LogP contribution in [0.4, 0.5) is 6.01 Å². The monoisotopic (exact) mass is 334 g/mol. The second kappa shape index (κ2) is 6.32. The Morgan fingerprint density at radius 3 is 2.88 bits per heavy atom. The third kappa shape index (κ3) is 3.06. The zero-order valence-electron chi connectivity index (χ0n) is 14.1. The van der Waals surface area contributed by atoms with Gasteiger partial charge in [-0.1, -0.05) is 6.07 Å². The number of rotatable bonds is 5.